The fourth-order valence-electron chi connectivity index (χ4n) is 0.693. The molecule has 0 aliphatic heterocycles. The third kappa shape index (κ3) is 1.75. The summed E-state index contributed by atoms with van der Waals surface area (Å²) in [6, 6.07) is 10.9. The molecule has 1 atom stereocenters. The van der Waals surface area contributed by atoms with E-state index in [2.05, 4.69) is 12.3 Å². The van der Waals surface area contributed by atoms with E-state index in [4.69, 9.17) is 4.18 Å². The van der Waals surface area contributed by atoms with Crippen LogP contribution in [0.5, 0.6) is 0 Å². The zero-order valence-corrected chi connectivity index (χ0v) is 7.06. The molecule has 0 amide bonds. The summed E-state index contributed by atoms with van der Waals surface area (Å²) in [7, 11) is 1.74. The highest BCUT2D eigenvalue weighted by Gasteiger charge is 1.94. The molecule has 0 aliphatic rings. The van der Waals surface area contributed by atoms with Crippen LogP contribution in [0.2, 0.25) is 0 Å². The van der Waals surface area contributed by atoms with Crippen LogP contribution in [0.15, 0.2) is 29.2 Å². The van der Waals surface area contributed by atoms with Crippen LogP contribution in [0.4, 0.5) is 0 Å². The number of hydrogen-bond donors (Lipinski definition) is 1. The summed E-state index contributed by atoms with van der Waals surface area (Å²) in [5.74, 6) is 0. The van der Waals surface area contributed by atoms with Gasteiger partial charge in [0.05, 0.1) is 0 Å². The highest BCUT2D eigenvalue weighted by atomic mass is 32.2. The number of hydrogen-bond acceptors (Lipinski definition) is 1. The second-order valence-corrected chi connectivity index (χ2v) is 3.81. The molecule has 0 heterocycles. The molecule has 0 fully saturated rings. The van der Waals surface area contributed by atoms with Crippen molar-refractivity contribution in [3.8, 4) is 0 Å². The summed E-state index contributed by atoms with van der Waals surface area (Å²) in [6.07, 6.45) is 2.09. The van der Waals surface area contributed by atoms with Crippen molar-refractivity contribution in [2.24, 2.45) is 0 Å². The first kappa shape index (κ1) is 7.63. The molecule has 10 heavy (non-hydrogen) atoms. The molecule has 0 saturated heterocycles. The van der Waals surface area contributed by atoms with E-state index in [1.165, 1.54) is 4.90 Å². The largest absolute Gasteiger partial charge is 0.339 e. The van der Waals surface area contributed by atoms with Gasteiger partial charge in [-0.15, -0.1) is 11.2 Å². The van der Waals surface area contributed by atoms with E-state index in [9.17, 15) is 0 Å². The van der Waals surface area contributed by atoms with E-state index in [1.54, 1.807) is 7.11 Å². The standard InChI is InChI=1S/C8H11OS/c1-9-10(2)8-6-4-3-5-7-8/h4-7,10H,1-2H3. The third-order valence-corrected chi connectivity index (χ3v) is 2.91. The fraction of sp³-hybridized carbons (Fsp3) is 0.250. The topological polar surface area (TPSA) is 9.23 Å². The third-order valence-electron chi connectivity index (χ3n) is 1.34. The van der Waals surface area contributed by atoms with Crippen LogP contribution >= 0.6 is 11.2 Å². The molecule has 1 aromatic rings. The normalized spacial score (nSPS) is 14.8. The summed E-state index contributed by atoms with van der Waals surface area (Å²) in [4.78, 5) is 1.26. The van der Waals surface area contributed by atoms with E-state index in [0.717, 1.165) is 0 Å². The van der Waals surface area contributed by atoms with Crippen molar-refractivity contribution < 1.29 is 4.18 Å². The van der Waals surface area contributed by atoms with Gasteiger partial charge >= 0.3 is 0 Å². The highest BCUT2D eigenvalue weighted by molar-refractivity contribution is 8.12. The summed E-state index contributed by atoms with van der Waals surface area (Å²) in [5, 5.41) is 0. The first-order chi connectivity index (χ1) is 4.84. The van der Waals surface area contributed by atoms with Crippen LogP contribution in [0.1, 0.15) is 0 Å². The van der Waals surface area contributed by atoms with Gasteiger partial charge in [-0.05, 0) is 24.5 Å². The predicted molar refractivity (Wildman–Crippen MR) is 45.5 cm³/mol. The Hall–Kier alpha value is -0.470. The first-order valence-electron chi connectivity index (χ1n) is 3.08. The Morgan fingerprint density at radius 1 is 1.40 bits per heavy atom. The minimum atomic E-state index is -0.393. The molecule has 1 aromatic carbocycles. The molecule has 1 rings (SSSR count). The maximum atomic E-state index is 5.19. The number of benzene rings is 1. The molecule has 55 valence electrons. The smallest absolute Gasteiger partial charge is 0.0483 e. The predicted octanol–water partition coefficient (Wildman–Crippen LogP) is 2.04. The quantitative estimate of drug-likeness (QED) is 0.643. The average Bonchev–Trinajstić information content (AvgIpc) is 2.05. The summed E-state index contributed by atoms with van der Waals surface area (Å²) >= 11 is -0.393. The molecule has 0 N–H and O–H groups in total. The van der Waals surface area contributed by atoms with E-state index in [1.807, 2.05) is 24.3 Å². The molecule has 1 unspecified atom stereocenters. The lowest BCUT2D eigenvalue weighted by molar-refractivity contribution is 0.481. The highest BCUT2D eigenvalue weighted by Crippen LogP contribution is 2.31. The number of rotatable bonds is 2. The van der Waals surface area contributed by atoms with Crippen molar-refractivity contribution in [3.05, 3.63) is 30.3 Å². The Balaban J connectivity index is 2.75. The zero-order valence-electron chi connectivity index (χ0n) is 6.16. The zero-order chi connectivity index (χ0) is 7.40. The van der Waals surface area contributed by atoms with Crippen LogP contribution in [-0.4, -0.2) is 13.4 Å². The summed E-state index contributed by atoms with van der Waals surface area (Å²) in [5.41, 5.74) is 0. The molecular weight excluding hydrogens is 144 g/mol. The van der Waals surface area contributed by atoms with Crippen molar-refractivity contribution in [1.29, 1.82) is 0 Å². The fourth-order valence-corrected chi connectivity index (χ4v) is 1.47. The van der Waals surface area contributed by atoms with Crippen LogP contribution in [0.25, 0.3) is 0 Å². The van der Waals surface area contributed by atoms with Crippen LogP contribution in [0, 0.1) is 6.07 Å². The molecule has 0 aromatic heterocycles. The number of thiol groups is 1. The van der Waals surface area contributed by atoms with Crippen LogP contribution < -0.4 is 0 Å². The molecule has 2 heteroatoms. The Morgan fingerprint density at radius 3 is 2.50 bits per heavy atom. The van der Waals surface area contributed by atoms with Crippen molar-refractivity contribution in [2.45, 2.75) is 4.90 Å². The minimum Gasteiger partial charge on any atom is -0.339 e. The Kier molecular flexibility index (Phi) is 2.78. The lowest BCUT2D eigenvalue weighted by atomic mass is 10.4. The molecule has 1 nitrogen and oxygen atoms in total. The molecular formula is C8H11OS. The Bertz CT molecular complexity index is 186. The Labute approximate surface area is 64.6 Å². The van der Waals surface area contributed by atoms with Gasteiger partial charge in [-0.25, -0.2) is 0 Å². The van der Waals surface area contributed by atoms with E-state index in [-0.39, 0.29) is 0 Å². The summed E-state index contributed by atoms with van der Waals surface area (Å²) < 4.78 is 5.19. The van der Waals surface area contributed by atoms with Gasteiger partial charge in [-0.1, -0.05) is 12.1 Å². The van der Waals surface area contributed by atoms with Crippen LogP contribution in [0.3, 0.4) is 0 Å². The van der Waals surface area contributed by atoms with Gasteiger partial charge in [0.25, 0.3) is 0 Å². The summed E-state index contributed by atoms with van der Waals surface area (Å²) in [6.45, 7) is 0. The van der Waals surface area contributed by atoms with Crippen molar-refractivity contribution in [2.75, 3.05) is 13.4 Å². The maximum absolute atomic E-state index is 5.19. The maximum Gasteiger partial charge on any atom is 0.0483 e. The SMILES string of the molecule is CO[SH](C)c1cc[c]cc1. The van der Waals surface area contributed by atoms with Crippen molar-refractivity contribution in [3.63, 3.8) is 0 Å². The minimum absolute atomic E-state index is 0.393. The molecule has 0 aliphatic carbocycles. The van der Waals surface area contributed by atoms with Gasteiger partial charge < -0.3 is 4.18 Å². The van der Waals surface area contributed by atoms with Gasteiger partial charge in [-0.3, -0.25) is 0 Å². The van der Waals surface area contributed by atoms with Crippen LogP contribution in [-0.2, 0) is 4.18 Å². The van der Waals surface area contributed by atoms with Gasteiger partial charge in [-0.2, -0.15) is 0 Å². The lowest BCUT2D eigenvalue weighted by Crippen LogP contribution is -1.81. The molecule has 1 radical (unpaired) electrons. The van der Waals surface area contributed by atoms with Gasteiger partial charge in [0.15, 0.2) is 0 Å². The van der Waals surface area contributed by atoms with Gasteiger partial charge in [0, 0.05) is 12.0 Å². The van der Waals surface area contributed by atoms with Crippen molar-refractivity contribution in [1.82, 2.24) is 0 Å². The van der Waals surface area contributed by atoms with Gasteiger partial charge in [0.1, 0.15) is 0 Å². The molecule has 0 spiro atoms. The van der Waals surface area contributed by atoms with E-state index in [0.29, 0.717) is 0 Å². The first-order valence-corrected chi connectivity index (χ1v) is 4.79. The molecule has 0 saturated carbocycles. The lowest BCUT2D eigenvalue weighted by Gasteiger charge is -2.12. The van der Waals surface area contributed by atoms with E-state index >= 15 is 0 Å². The monoisotopic (exact) mass is 155 g/mol. The van der Waals surface area contributed by atoms with Crippen molar-refractivity contribution >= 4 is 11.2 Å². The average molecular weight is 155 g/mol. The second kappa shape index (κ2) is 3.64. The Morgan fingerprint density at radius 2 is 2.00 bits per heavy atom. The second-order valence-electron chi connectivity index (χ2n) is 1.94. The van der Waals surface area contributed by atoms with E-state index < -0.39 is 11.2 Å². The molecule has 0 bridgehead atoms. The van der Waals surface area contributed by atoms with Gasteiger partial charge in [0.2, 0.25) is 0 Å².